The Balaban J connectivity index is -0.000000286. The third kappa shape index (κ3) is 50.8. The quantitative estimate of drug-likeness (QED) is 0.0900. The first kappa shape index (κ1) is 121. The first-order valence-electron chi connectivity index (χ1n) is 38.5. The minimum absolute atomic E-state index is 0.0329. The lowest BCUT2D eigenvalue weighted by molar-refractivity contribution is 0.399. The summed E-state index contributed by atoms with van der Waals surface area (Å²) in [5.41, 5.74) is 15.7. The molecule has 0 unspecified atom stereocenters. The second-order valence-electron chi connectivity index (χ2n) is 35.2. The van der Waals surface area contributed by atoms with Crippen molar-refractivity contribution in [2.24, 2.45) is 0 Å². The molecule has 0 saturated carbocycles. The molecule has 648 valence electrons. The maximum absolute atomic E-state index is 13.1. The van der Waals surface area contributed by atoms with Gasteiger partial charge in [0.2, 0.25) is 0 Å². The third-order valence-corrected chi connectivity index (χ3v) is 19.7. The highest BCUT2D eigenvalue weighted by Crippen LogP contribution is 2.37. The Hall–Kier alpha value is -4.77. The van der Waals surface area contributed by atoms with Gasteiger partial charge in [0.25, 0.3) is 0 Å². The fourth-order valence-electron chi connectivity index (χ4n) is 10.9. The van der Waals surface area contributed by atoms with E-state index in [4.69, 9.17) is 65.4 Å². The summed E-state index contributed by atoms with van der Waals surface area (Å²) in [6, 6.07) is 62.8. The Bertz CT molecular complexity index is 3500. The lowest BCUT2D eigenvalue weighted by atomic mass is 9.83. The highest BCUT2D eigenvalue weighted by molar-refractivity contribution is 9.11. The first-order chi connectivity index (χ1) is 52.7. The number of phenolic OH excluding ortho intramolecular Hbond substituents is 1. The molecule has 0 aliphatic rings. The zero-order valence-corrected chi connectivity index (χ0v) is 85.7. The maximum Gasteiger partial charge on any atom is 0.126 e. The van der Waals surface area contributed by atoms with Gasteiger partial charge in [0.15, 0.2) is 0 Å². The number of halogens is 9. The van der Waals surface area contributed by atoms with E-state index in [1.165, 1.54) is 86.2 Å². The van der Waals surface area contributed by atoms with Gasteiger partial charge in [0, 0.05) is 68.5 Å². The smallest absolute Gasteiger partial charge is 0.126 e. The fraction of sp³-hybridized carbons (Fsp3) is 0.460. The largest absolute Gasteiger partial charge is 0.508 e. The zero-order valence-electron chi connectivity index (χ0n) is 77.1. The minimum atomic E-state index is -0.268. The number of hydrogen-bond acceptors (Lipinski definition) is 6. The molecule has 0 heterocycles. The molecule has 9 rings (SSSR count). The van der Waals surface area contributed by atoms with E-state index in [2.05, 4.69) is 329 Å². The number of aliphatic hydroxyl groups excluding tert-OH is 5. The Morgan fingerprint density at radius 1 is 0.261 bits per heavy atom. The van der Waals surface area contributed by atoms with Crippen molar-refractivity contribution in [2.75, 3.05) is 35.5 Å². The van der Waals surface area contributed by atoms with Crippen molar-refractivity contribution >= 4 is 98.5 Å². The van der Waals surface area contributed by atoms with Crippen LogP contribution in [0.4, 0.5) is 8.78 Å². The van der Waals surface area contributed by atoms with Gasteiger partial charge >= 0.3 is 0 Å². The summed E-state index contributed by atoms with van der Waals surface area (Å²) in [5, 5.41) is 46.3. The zero-order chi connectivity index (χ0) is 91.8. The molecule has 6 nitrogen and oxygen atoms in total. The van der Waals surface area contributed by atoms with Crippen LogP contribution in [0, 0.1) is 32.4 Å². The van der Waals surface area contributed by atoms with Crippen molar-refractivity contribution in [3.05, 3.63) is 305 Å². The standard InChI is InChI=1S/C12H17Cl.C11H14ClF.4C10H13Br.C10H13Cl.C10H13F.C10H14O.C2H6.5CH4O/c1-8-6-9(2)11(10(13)7-8)12(3,4)5;1-7-5-8(13)6-9(12)10(7)11(2,3)4;6*1-10(2,3)8-6-4-5-7-9(8)11;1-10(2,3)8-4-6-9(11)7-5-8;6*1-2/h6-7H,1-5H3;5-6H,1-4H3;6*4-7H,1-3H3;4-7,11H,1-3H3;1-2H3;5*2H,1H3. The molecule has 9 aromatic carbocycles. The predicted octanol–water partition coefficient (Wildman–Crippen LogP) is 31.8. The molecule has 0 aromatic heterocycles. The van der Waals surface area contributed by atoms with Gasteiger partial charge in [-0.2, -0.15) is 0 Å². The molecule has 0 bridgehead atoms. The lowest BCUT2D eigenvalue weighted by Gasteiger charge is -2.23. The van der Waals surface area contributed by atoms with Crippen LogP contribution < -0.4 is 0 Å². The number of benzene rings is 9. The molecule has 0 radical (unpaired) electrons. The Morgan fingerprint density at radius 2 is 0.496 bits per heavy atom. The molecule has 0 atom stereocenters. The molecule has 0 spiro atoms. The molecule has 15 heteroatoms. The van der Waals surface area contributed by atoms with Crippen LogP contribution in [0.25, 0.3) is 0 Å². The lowest BCUT2D eigenvalue weighted by Crippen LogP contribution is -2.14. The van der Waals surface area contributed by atoms with Crippen molar-refractivity contribution in [1.29, 1.82) is 0 Å². The van der Waals surface area contributed by atoms with Gasteiger partial charge in [-0.25, -0.2) is 8.78 Å². The third-order valence-electron chi connectivity index (χ3n) is 16.0. The molecule has 115 heavy (non-hydrogen) atoms. The summed E-state index contributed by atoms with van der Waals surface area (Å²) in [6.07, 6.45) is 0. The van der Waals surface area contributed by atoms with Gasteiger partial charge in [-0.05, 0) is 203 Å². The van der Waals surface area contributed by atoms with Crippen LogP contribution >= 0.6 is 98.5 Å². The van der Waals surface area contributed by atoms with Gasteiger partial charge in [-0.3, -0.25) is 0 Å². The monoisotopic (exact) mass is 1900 g/mol. The van der Waals surface area contributed by atoms with Crippen LogP contribution in [0.1, 0.15) is 268 Å². The number of aliphatic hydroxyl groups is 5. The number of phenols is 1. The molecule has 0 aliphatic heterocycles. The SMILES string of the molecule is CC.CC(C)(C)c1ccc(O)cc1.CC(C)(C)c1ccccc1Br.CC(C)(C)c1ccccc1Br.CC(C)(C)c1ccccc1Br.CC(C)(C)c1ccccc1Br.CC(C)(C)c1ccccc1Cl.CC(C)(C)c1ccccc1F.CO.CO.CO.CO.CO.Cc1cc(C)c(C(C)(C)C)c(Cl)c1.Cc1cc(F)cc(Cl)c1C(C)(C)C. The molecule has 0 aliphatic carbocycles. The summed E-state index contributed by atoms with van der Waals surface area (Å²) in [5.74, 6) is -0.0477. The summed E-state index contributed by atoms with van der Waals surface area (Å²) in [7, 11) is 5.00. The van der Waals surface area contributed by atoms with Gasteiger partial charge in [-0.15, -0.1) is 0 Å². The van der Waals surface area contributed by atoms with Crippen LogP contribution in [0.15, 0.2) is 212 Å². The maximum atomic E-state index is 13.1. The highest BCUT2D eigenvalue weighted by Gasteiger charge is 2.24. The Kier molecular flexibility index (Phi) is 62.1. The van der Waals surface area contributed by atoms with E-state index in [0.717, 1.165) is 62.3 Å². The van der Waals surface area contributed by atoms with Crippen LogP contribution in [-0.2, 0) is 48.7 Å². The molecule has 0 amide bonds. The normalized spacial score (nSPS) is 10.8. The molecular weight excluding hydrogens is 1760 g/mol. The van der Waals surface area contributed by atoms with Crippen molar-refractivity contribution in [3.8, 4) is 5.75 Å². The summed E-state index contributed by atoms with van der Waals surface area (Å²) in [4.78, 5) is 0. The van der Waals surface area contributed by atoms with E-state index in [1.807, 2.05) is 114 Å². The van der Waals surface area contributed by atoms with Crippen molar-refractivity contribution < 1.29 is 39.4 Å². The van der Waals surface area contributed by atoms with E-state index in [9.17, 15) is 8.78 Å². The van der Waals surface area contributed by atoms with Crippen LogP contribution in [0.5, 0.6) is 5.75 Å². The number of aryl methyl sites for hydroxylation is 3. The van der Waals surface area contributed by atoms with E-state index in [-0.39, 0.29) is 60.4 Å². The average Bonchev–Trinajstić information content (AvgIpc) is 0.811. The van der Waals surface area contributed by atoms with Crippen LogP contribution in [-0.4, -0.2) is 66.2 Å². The van der Waals surface area contributed by atoms with Gasteiger partial charge in [-0.1, -0.05) is 427 Å². The van der Waals surface area contributed by atoms with E-state index < -0.39 is 0 Å². The van der Waals surface area contributed by atoms with Crippen molar-refractivity contribution in [1.82, 2.24) is 0 Å². The van der Waals surface area contributed by atoms with E-state index in [1.54, 1.807) is 18.2 Å². The van der Waals surface area contributed by atoms with Crippen LogP contribution in [0.3, 0.4) is 0 Å². The minimum Gasteiger partial charge on any atom is -0.508 e. The molecule has 0 fully saturated rings. The molecular formula is C100H149Br4Cl3F2O6. The Morgan fingerprint density at radius 3 is 0.696 bits per heavy atom. The predicted molar refractivity (Wildman–Crippen MR) is 520 cm³/mol. The van der Waals surface area contributed by atoms with Crippen LogP contribution in [0.2, 0.25) is 15.1 Å². The molecule has 6 N–H and O–H groups in total. The van der Waals surface area contributed by atoms with E-state index in [0.29, 0.717) is 10.8 Å². The number of rotatable bonds is 0. The number of aromatic hydroxyl groups is 1. The van der Waals surface area contributed by atoms with Crippen molar-refractivity contribution in [3.63, 3.8) is 0 Å². The summed E-state index contributed by atoms with van der Waals surface area (Å²) in [6.45, 7) is 68.4. The highest BCUT2D eigenvalue weighted by atomic mass is 79.9. The molecule has 0 saturated heterocycles. The topological polar surface area (TPSA) is 121 Å². The average molecular weight is 1910 g/mol. The second-order valence-corrected chi connectivity index (χ2v) is 39.8. The summed E-state index contributed by atoms with van der Waals surface area (Å²) >= 11 is 32.3. The van der Waals surface area contributed by atoms with Crippen molar-refractivity contribution in [2.45, 2.75) is 270 Å². The second kappa shape index (κ2) is 59.0. The molecule has 9 aromatic rings. The van der Waals surface area contributed by atoms with Gasteiger partial charge in [0.1, 0.15) is 17.4 Å². The summed E-state index contributed by atoms with van der Waals surface area (Å²) < 4.78 is 30.8. The number of hydrogen-bond donors (Lipinski definition) is 6. The van der Waals surface area contributed by atoms with Gasteiger partial charge in [0.05, 0.1) is 0 Å². The van der Waals surface area contributed by atoms with Gasteiger partial charge < -0.3 is 30.6 Å². The Labute approximate surface area is 748 Å². The van der Waals surface area contributed by atoms with E-state index >= 15 is 0 Å². The first-order valence-corrected chi connectivity index (χ1v) is 42.8. The fourth-order valence-corrected chi connectivity index (χ4v) is 16.0.